The summed E-state index contributed by atoms with van der Waals surface area (Å²) in [6.45, 7) is 3.74. The van der Waals surface area contributed by atoms with Crippen LogP contribution >= 0.6 is 0 Å². The molecule has 0 fully saturated rings. The van der Waals surface area contributed by atoms with Gasteiger partial charge >= 0.3 is 0 Å². The second kappa shape index (κ2) is 3.44. The van der Waals surface area contributed by atoms with Gasteiger partial charge < -0.3 is 5.73 Å². The van der Waals surface area contributed by atoms with Gasteiger partial charge in [0.25, 0.3) is 5.69 Å². The minimum Gasteiger partial charge on any atom is -0.398 e. The average Bonchev–Trinajstić information content (AvgIpc) is 2.19. The van der Waals surface area contributed by atoms with Crippen LogP contribution in [0, 0.1) is 24.0 Å². The molecule has 82 valence electrons. The summed E-state index contributed by atoms with van der Waals surface area (Å²) in [5, 5.41) is 11.4. The summed E-state index contributed by atoms with van der Waals surface area (Å²) in [6.07, 6.45) is 0. The summed E-state index contributed by atoms with van der Waals surface area (Å²) in [5.74, 6) is 0. The number of aromatic nitrogens is 1. The molecular formula is C11H11N3O2. The number of hydrogen-bond acceptors (Lipinski definition) is 4. The zero-order valence-electron chi connectivity index (χ0n) is 9.02. The van der Waals surface area contributed by atoms with Crippen molar-refractivity contribution in [2.45, 2.75) is 13.8 Å². The number of nitrogen functional groups attached to an aromatic ring is 1. The summed E-state index contributed by atoms with van der Waals surface area (Å²) < 4.78 is 0. The molecule has 2 rings (SSSR count). The average molecular weight is 217 g/mol. The monoisotopic (exact) mass is 217 g/mol. The topological polar surface area (TPSA) is 82.0 Å². The van der Waals surface area contributed by atoms with Crippen molar-refractivity contribution in [3.05, 3.63) is 39.6 Å². The highest BCUT2D eigenvalue weighted by Gasteiger charge is 2.14. The number of hydrogen-bond donors (Lipinski definition) is 1. The van der Waals surface area contributed by atoms with Gasteiger partial charge in [0, 0.05) is 17.4 Å². The normalized spacial score (nSPS) is 10.6. The van der Waals surface area contributed by atoms with Crippen LogP contribution in [0.15, 0.2) is 18.2 Å². The summed E-state index contributed by atoms with van der Waals surface area (Å²) in [7, 11) is 0. The van der Waals surface area contributed by atoms with Gasteiger partial charge in [0.1, 0.15) is 0 Å². The Balaban J connectivity index is 2.90. The van der Waals surface area contributed by atoms with Crippen LogP contribution in [0.4, 0.5) is 11.4 Å². The Morgan fingerprint density at radius 1 is 1.31 bits per heavy atom. The number of nitrogens with two attached hydrogens (primary N) is 1. The molecule has 5 heteroatoms. The lowest BCUT2D eigenvalue weighted by molar-refractivity contribution is -0.383. The first-order chi connectivity index (χ1) is 7.49. The fraction of sp³-hybridized carbons (Fsp3) is 0.182. The Hall–Kier alpha value is -2.17. The first-order valence-electron chi connectivity index (χ1n) is 4.81. The van der Waals surface area contributed by atoms with Gasteiger partial charge in [0.05, 0.1) is 15.8 Å². The van der Waals surface area contributed by atoms with Crippen molar-refractivity contribution in [1.29, 1.82) is 0 Å². The number of pyridine rings is 1. The summed E-state index contributed by atoms with van der Waals surface area (Å²) in [5.41, 5.74) is 8.32. The molecule has 0 aliphatic heterocycles. The molecule has 2 aromatic rings. The molecule has 1 aromatic heterocycles. The number of nitro benzene ring substituents is 1. The van der Waals surface area contributed by atoms with Crippen LogP contribution in [0.1, 0.15) is 11.3 Å². The number of nitro groups is 1. The molecule has 0 saturated carbocycles. The molecule has 0 bridgehead atoms. The van der Waals surface area contributed by atoms with E-state index in [0.29, 0.717) is 16.6 Å². The van der Waals surface area contributed by atoms with Crippen LogP contribution in [0.25, 0.3) is 10.9 Å². The minimum atomic E-state index is -0.435. The zero-order chi connectivity index (χ0) is 11.9. The summed E-state index contributed by atoms with van der Waals surface area (Å²) in [6, 6.07) is 4.78. The second-order valence-corrected chi connectivity index (χ2v) is 3.75. The molecule has 0 unspecified atom stereocenters. The van der Waals surface area contributed by atoms with Crippen molar-refractivity contribution < 1.29 is 4.92 Å². The Bertz CT molecular complexity index is 593. The number of anilines is 1. The van der Waals surface area contributed by atoms with Gasteiger partial charge in [-0.3, -0.25) is 15.1 Å². The van der Waals surface area contributed by atoms with Gasteiger partial charge in [-0.15, -0.1) is 0 Å². The van der Waals surface area contributed by atoms with Crippen molar-refractivity contribution in [1.82, 2.24) is 4.98 Å². The van der Waals surface area contributed by atoms with Gasteiger partial charge in [-0.1, -0.05) is 0 Å². The minimum absolute atomic E-state index is 0.00519. The van der Waals surface area contributed by atoms with E-state index < -0.39 is 4.92 Å². The van der Waals surface area contributed by atoms with E-state index in [2.05, 4.69) is 4.98 Å². The molecule has 1 aromatic carbocycles. The highest BCUT2D eigenvalue weighted by atomic mass is 16.6. The van der Waals surface area contributed by atoms with E-state index in [-0.39, 0.29) is 5.69 Å². The fourth-order valence-corrected chi connectivity index (χ4v) is 1.63. The first-order valence-corrected chi connectivity index (χ1v) is 4.81. The van der Waals surface area contributed by atoms with E-state index in [1.165, 1.54) is 6.07 Å². The highest BCUT2D eigenvalue weighted by Crippen LogP contribution is 2.28. The van der Waals surface area contributed by atoms with Gasteiger partial charge in [-0.05, 0) is 31.5 Å². The largest absolute Gasteiger partial charge is 0.398 e. The Labute approximate surface area is 92.1 Å². The second-order valence-electron chi connectivity index (χ2n) is 3.75. The third kappa shape index (κ3) is 1.56. The van der Waals surface area contributed by atoms with Crippen LogP contribution in [-0.4, -0.2) is 9.91 Å². The molecule has 5 nitrogen and oxygen atoms in total. The Morgan fingerprint density at radius 2 is 2.00 bits per heavy atom. The van der Waals surface area contributed by atoms with E-state index >= 15 is 0 Å². The number of nitrogens with zero attached hydrogens (tertiary/aromatic N) is 2. The molecule has 16 heavy (non-hydrogen) atoms. The molecule has 0 amide bonds. The van der Waals surface area contributed by atoms with E-state index in [1.807, 2.05) is 13.8 Å². The molecule has 0 radical (unpaired) electrons. The standard InChI is InChI=1S/C11H11N3O2/c1-6-3-9-10(13-7(6)2)4-8(12)5-11(9)14(15)16/h3-5H,12H2,1-2H3. The van der Waals surface area contributed by atoms with Crippen LogP contribution in [0.3, 0.4) is 0 Å². The van der Waals surface area contributed by atoms with Crippen LogP contribution in [0.5, 0.6) is 0 Å². The zero-order valence-corrected chi connectivity index (χ0v) is 9.02. The van der Waals surface area contributed by atoms with Gasteiger partial charge in [0.2, 0.25) is 0 Å². The van der Waals surface area contributed by atoms with Gasteiger partial charge in [-0.2, -0.15) is 0 Å². The number of aryl methyl sites for hydroxylation is 2. The predicted octanol–water partition coefficient (Wildman–Crippen LogP) is 2.34. The molecule has 0 aliphatic carbocycles. The molecule has 0 atom stereocenters. The lowest BCUT2D eigenvalue weighted by Gasteiger charge is -2.04. The fourth-order valence-electron chi connectivity index (χ4n) is 1.63. The highest BCUT2D eigenvalue weighted by molar-refractivity contribution is 5.91. The van der Waals surface area contributed by atoms with Crippen LogP contribution in [0.2, 0.25) is 0 Å². The van der Waals surface area contributed by atoms with Crippen molar-refractivity contribution >= 4 is 22.3 Å². The van der Waals surface area contributed by atoms with E-state index in [0.717, 1.165) is 11.3 Å². The van der Waals surface area contributed by atoms with Crippen LogP contribution < -0.4 is 5.73 Å². The summed E-state index contributed by atoms with van der Waals surface area (Å²) >= 11 is 0. The lowest BCUT2D eigenvalue weighted by atomic mass is 10.1. The SMILES string of the molecule is Cc1cc2c([N+](=O)[O-])cc(N)cc2nc1C. The molecular weight excluding hydrogens is 206 g/mol. The van der Waals surface area contributed by atoms with E-state index in [4.69, 9.17) is 5.73 Å². The summed E-state index contributed by atoms with van der Waals surface area (Å²) in [4.78, 5) is 14.7. The third-order valence-corrected chi connectivity index (χ3v) is 2.58. The lowest BCUT2D eigenvalue weighted by Crippen LogP contribution is -1.96. The van der Waals surface area contributed by atoms with Crippen molar-refractivity contribution in [2.24, 2.45) is 0 Å². The van der Waals surface area contributed by atoms with E-state index in [9.17, 15) is 10.1 Å². The van der Waals surface area contributed by atoms with Gasteiger partial charge in [-0.25, -0.2) is 0 Å². The molecule has 0 spiro atoms. The first kappa shape index (κ1) is 10.4. The molecule has 2 N–H and O–H groups in total. The van der Waals surface area contributed by atoms with E-state index in [1.54, 1.807) is 12.1 Å². The smallest absolute Gasteiger partial charge is 0.280 e. The molecule has 1 heterocycles. The Morgan fingerprint density at radius 3 is 2.62 bits per heavy atom. The van der Waals surface area contributed by atoms with Crippen LogP contribution in [-0.2, 0) is 0 Å². The number of benzene rings is 1. The number of non-ortho nitro benzene ring substituents is 1. The Kier molecular flexibility index (Phi) is 2.23. The number of rotatable bonds is 1. The van der Waals surface area contributed by atoms with Crippen molar-refractivity contribution in [3.8, 4) is 0 Å². The third-order valence-electron chi connectivity index (χ3n) is 2.58. The molecule has 0 saturated heterocycles. The van der Waals surface area contributed by atoms with Crippen molar-refractivity contribution in [3.63, 3.8) is 0 Å². The van der Waals surface area contributed by atoms with Crippen molar-refractivity contribution in [2.75, 3.05) is 5.73 Å². The number of fused-ring (bicyclic) bond motifs is 1. The van der Waals surface area contributed by atoms with Gasteiger partial charge in [0.15, 0.2) is 0 Å². The predicted molar refractivity (Wildman–Crippen MR) is 62.3 cm³/mol. The maximum atomic E-state index is 10.9. The maximum Gasteiger partial charge on any atom is 0.280 e. The molecule has 0 aliphatic rings. The maximum absolute atomic E-state index is 10.9. The quantitative estimate of drug-likeness (QED) is 0.451.